The number of ether oxygens (including phenoxy) is 1. The molecule has 0 radical (unpaired) electrons. The first-order chi connectivity index (χ1) is 13.1. The van der Waals surface area contributed by atoms with E-state index in [9.17, 15) is 18.0 Å². The molecule has 28 heavy (non-hydrogen) atoms. The van der Waals surface area contributed by atoms with Crippen molar-refractivity contribution >= 4 is 50.9 Å². The van der Waals surface area contributed by atoms with E-state index in [1.807, 2.05) is 6.92 Å². The van der Waals surface area contributed by atoms with Crippen LogP contribution >= 0.6 is 23.2 Å². The summed E-state index contributed by atoms with van der Waals surface area (Å²) in [5.74, 6) is -1.56. The number of amides is 1. The first kappa shape index (κ1) is 22.1. The van der Waals surface area contributed by atoms with Gasteiger partial charge in [-0.25, -0.2) is 13.4 Å². The van der Waals surface area contributed by atoms with E-state index in [1.54, 1.807) is 12.1 Å². The summed E-state index contributed by atoms with van der Waals surface area (Å²) in [5.41, 5.74) is 0.897. The first-order valence-corrected chi connectivity index (χ1v) is 10.2. The minimum atomic E-state index is -3.88. The molecule has 1 aromatic heterocycles. The standard InChI is InChI=1S/C17H17Cl2N3O5S/c1-10-3-5-13(6-4-10)28(25,26)21-9-15(23)27-11(2)17(24)22-16-14(19)7-12(18)8-20-16/h3-8,11,21H,9H2,1-2H3,(H,20,22,24)/t11-/m0/s1. The zero-order valence-electron chi connectivity index (χ0n) is 14.9. The number of halogens is 2. The van der Waals surface area contributed by atoms with Gasteiger partial charge in [-0.05, 0) is 32.0 Å². The van der Waals surface area contributed by atoms with E-state index in [0.717, 1.165) is 5.56 Å². The highest BCUT2D eigenvalue weighted by atomic mass is 35.5. The number of esters is 1. The summed E-state index contributed by atoms with van der Waals surface area (Å²) in [6, 6.07) is 7.50. The van der Waals surface area contributed by atoms with Gasteiger partial charge in [-0.2, -0.15) is 4.72 Å². The zero-order chi connectivity index (χ0) is 20.9. The summed E-state index contributed by atoms with van der Waals surface area (Å²) >= 11 is 11.6. The van der Waals surface area contributed by atoms with Gasteiger partial charge in [0.15, 0.2) is 11.9 Å². The van der Waals surface area contributed by atoms with Gasteiger partial charge in [-0.1, -0.05) is 40.9 Å². The molecule has 2 aromatic rings. The van der Waals surface area contributed by atoms with E-state index in [-0.39, 0.29) is 15.7 Å². The van der Waals surface area contributed by atoms with Crippen LogP contribution in [0, 0.1) is 6.92 Å². The Morgan fingerprint density at radius 2 is 1.86 bits per heavy atom. The lowest BCUT2D eigenvalue weighted by Crippen LogP contribution is -2.36. The highest BCUT2D eigenvalue weighted by Gasteiger charge is 2.21. The third-order valence-electron chi connectivity index (χ3n) is 3.46. The Morgan fingerprint density at radius 1 is 1.21 bits per heavy atom. The fraction of sp³-hybridized carbons (Fsp3) is 0.235. The van der Waals surface area contributed by atoms with Gasteiger partial charge in [0.05, 0.1) is 14.9 Å². The molecule has 0 aliphatic carbocycles. The van der Waals surface area contributed by atoms with Gasteiger partial charge in [0.1, 0.15) is 6.54 Å². The molecule has 0 aliphatic heterocycles. The van der Waals surface area contributed by atoms with Gasteiger partial charge in [-0.3, -0.25) is 9.59 Å². The van der Waals surface area contributed by atoms with Crippen LogP contribution in [0.3, 0.4) is 0 Å². The van der Waals surface area contributed by atoms with Crippen molar-refractivity contribution in [1.29, 1.82) is 0 Å². The number of nitrogens with one attached hydrogen (secondary N) is 2. The zero-order valence-corrected chi connectivity index (χ0v) is 17.2. The first-order valence-electron chi connectivity index (χ1n) is 7.96. The summed E-state index contributed by atoms with van der Waals surface area (Å²) in [6.45, 7) is 2.51. The molecule has 2 rings (SSSR count). The number of aryl methyl sites for hydroxylation is 1. The maximum atomic E-state index is 12.1. The van der Waals surface area contributed by atoms with Crippen molar-refractivity contribution in [3.05, 3.63) is 52.1 Å². The van der Waals surface area contributed by atoms with Crippen molar-refractivity contribution < 1.29 is 22.7 Å². The minimum Gasteiger partial charge on any atom is -0.452 e. The predicted molar refractivity (Wildman–Crippen MR) is 105 cm³/mol. The second kappa shape index (κ2) is 9.33. The van der Waals surface area contributed by atoms with Crippen molar-refractivity contribution in [2.24, 2.45) is 0 Å². The Morgan fingerprint density at radius 3 is 2.46 bits per heavy atom. The molecule has 1 amide bonds. The molecule has 150 valence electrons. The monoisotopic (exact) mass is 445 g/mol. The molecule has 0 saturated heterocycles. The molecule has 0 unspecified atom stereocenters. The van der Waals surface area contributed by atoms with Gasteiger partial charge in [0.25, 0.3) is 5.91 Å². The molecule has 0 fully saturated rings. The number of aromatic nitrogens is 1. The number of sulfonamides is 1. The number of hydrogen-bond donors (Lipinski definition) is 2. The second-order valence-electron chi connectivity index (χ2n) is 5.74. The van der Waals surface area contributed by atoms with Crippen LogP contribution in [0.4, 0.5) is 5.82 Å². The van der Waals surface area contributed by atoms with Crippen LogP contribution < -0.4 is 10.0 Å². The van der Waals surface area contributed by atoms with Gasteiger partial charge < -0.3 is 10.1 Å². The average molecular weight is 446 g/mol. The highest BCUT2D eigenvalue weighted by molar-refractivity contribution is 7.89. The third-order valence-corrected chi connectivity index (χ3v) is 5.38. The average Bonchev–Trinajstić information content (AvgIpc) is 2.62. The van der Waals surface area contributed by atoms with E-state index >= 15 is 0 Å². The lowest BCUT2D eigenvalue weighted by atomic mass is 10.2. The smallest absolute Gasteiger partial charge is 0.321 e. The van der Waals surface area contributed by atoms with E-state index in [1.165, 1.54) is 31.3 Å². The SMILES string of the molecule is Cc1ccc(S(=O)(=O)NCC(=O)O[C@@H](C)C(=O)Nc2ncc(Cl)cc2Cl)cc1. The number of benzene rings is 1. The number of hydrogen-bond acceptors (Lipinski definition) is 6. The van der Waals surface area contributed by atoms with Crippen LogP contribution in [-0.4, -0.2) is 37.9 Å². The van der Waals surface area contributed by atoms with Crippen LogP contribution in [0.15, 0.2) is 41.4 Å². The number of nitrogens with zero attached hydrogens (tertiary/aromatic N) is 1. The maximum Gasteiger partial charge on any atom is 0.321 e. The molecule has 0 aliphatic rings. The Labute approximate surface area is 172 Å². The normalized spacial score (nSPS) is 12.3. The van der Waals surface area contributed by atoms with Crippen molar-refractivity contribution in [2.75, 3.05) is 11.9 Å². The maximum absolute atomic E-state index is 12.1. The van der Waals surface area contributed by atoms with E-state index in [4.69, 9.17) is 27.9 Å². The van der Waals surface area contributed by atoms with E-state index in [0.29, 0.717) is 5.02 Å². The molecule has 2 N–H and O–H groups in total. The molecule has 1 atom stereocenters. The van der Waals surface area contributed by atoms with Crippen molar-refractivity contribution in [2.45, 2.75) is 24.8 Å². The Hall–Kier alpha value is -2.20. The molecular formula is C17H17Cl2N3O5S. The van der Waals surface area contributed by atoms with E-state index < -0.39 is 34.5 Å². The summed E-state index contributed by atoms with van der Waals surface area (Å²) in [6.07, 6.45) is 0.0875. The van der Waals surface area contributed by atoms with Gasteiger partial charge in [0.2, 0.25) is 10.0 Å². The van der Waals surface area contributed by atoms with Gasteiger partial charge >= 0.3 is 5.97 Å². The summed E-state index contributed by atoms with van der Waals surface area (Å²) < 4.78 is 31.3. The second-order valence-corrected chi connectivity index (χ2v) is 8.35. The number of anilines is 1. The fourth-order valence-electron chi connectivity index (χ4n) is 1.97. The number of carbonyl (C=O) groups is 2. The minimum absolute atomic E-state index is 0.0140. The fourth-order valence-corrected chi connectivity index (χ4v) is 3.37. The molecule has 0 spiro atoms. The lowest BCUT2D eigenvalue weighted by Gasteiger charge is -2.14. The Balaban J connectivity index is 1.89. The third kappa shape index (κ3) is 6.16. The quantitative estimate of drug-likeness (QED) is 0.632. The molecule has 1 heterocycles. The summed E-state index contributed by atoms with van der Waals surface area (Å²) in [7, 11) is -3.88. The molecule has 0 saturated carbocycles. The number of rotatable bonds is 7. The lowest BCUT2D eigenvalue weighted by molar-refractivity contribution is -0.151. The molecule has 8 nitrogen and oxygen atoms in total. The molecular weight excluding hydrogens is 429 g/mol. The highest BCUT2D eigenvalue weighted by Crippen LogP contribution is 2.22. The van der Waals surface area contributed by atoms with Crippen LogP contribution in [-0.2, 0) is 24.3 Å². The van der Waals surface area contributed by atoms with Crippen molar-refractivity contribution in [1.82, 2.24) is 9.71 Å². The van der Waals surface area contributed by atoms with Gasteiger partial charge in [0, 0.05) is 6.20 Å². The molecule has 0 bridgehead atoms. The predicted octanol–water partition coefficient (Wildman–Crippen LogP) is 2.55. The molecule has 11 heteroatoms. The van der Waals surface area contributed by atoms with Crippen LogP contribution in [0.25, 0.3) is 0 Å². The largest absolute Gasteiger partial charge is 0.452 e. The number of pyridine rings is 1. The van der Waals surface area contributed by atoms with Gasteiger partial charge in [-0.15, -0.1) is 0 Å². The topological polar surface area (TPSA) is 114 Å². The van der Waals surface area contributed by atoms with Crippen molar-refractivity contribution in [3.63, 3.8) is 0 Å². The number of carbonyl (C=O) groups excluding carboxylic acids is 2. The molecule has 1 aromatic carbocycles. The van der Waals surface area contributed by atoms with E-state index in [2.05, 4.69) is 15.0 Å². The van der Waals surface area contributed by atoms with Crippen LogP contribution in [0.5, 0.6) is 0 Å². The summed E-state index contributed by atoms with van der Waals surface area (Å²) in [5, 5.41) is 2.80. The Kier molecular flexibility index (Phi) is 7.36. The van der Waals surface area contributed by atoms with Crippen molar-refractivity contribution in [3.8, 4) is 0 Å². The van der Waals surface area contributed by atoms with Crippen LogP contribution in [0.2, 0.25) is 10.0 Å². The Bertz CT molecular complexity index is 981. The van der Waals surface area contributed by atoms with Crippen LogP contribution in [0.1, 0.15) is 12.5 Å². The summed E-state index contributed by atoms with van der Waals surface area (Å²) in [4.78, 5) is 27.8.